The second-order valence-electron chi connectivity index (χ2n) is 5.02. The summed E-state index contributed by atoms with van der Waals surface area (Å²) < 4.78 is 31.3. The standard InChI is InChI=1S/C14H22N2O3S/c1-16(9-4-10-19-2)20(17,18)13-6-7-14-12(11-13)5-3-8-15-14/h6-7,11,15H,3-5,8-10H2,1-2H3. The average Bonchev–Trinajstić information content (AvgIpc) is 2.46. The summed E-state index contributed by atoms with van der Waals surface area (Å²) in [6.45, 7) is 1.98. The number of benzene rings is 1. The van der Waals surface area contributed by atoms with Crippen LogP contribution in [0.2, 0.25) is 0 Å². The molecule has 1 aliphatic rings. The fourth-order valence-corrected chi connectivity index (χ4v) is 3.60. The largest absolute Gasteiger partial charge is 0.385 e. The normalized spacial score (nSPS) is 14.9. The fraction of sp³-hybridized carbons (Fsp3) is 0.571. The summed E-state index contributed by atoms with van der Waals surface area (Å²) in [6, 6.07) is 5.34. The molecule has 1 heterocycles. The third-order valence-electron chi connectivity index (χ3n) is 3.54. The van der Waals surface area contributed by atoms with Gasteiger partial charge in [-0.3, -0.25) is 0 Å². The summed E-state index contributed by atoms with van der Waals surface area (Å²) in [5.74, 6) is 0. The number of sulfonamides is 1. The van der Waals surface area contributed by atoms with Gasteiger partial charge in [0.2, 0.25) is 10.0 Å². The predicted molar refractivity (Wildman–Crippen MR) is 79.6 cm³/mol. The zero-order chi connectivity index (χ0) is 14.6. The van der Waals surface area contributed by atoms with E-state index in [1.807, 2.05) is 6.07 Å². The highest BCUT2D eigenvalue weighted by molar-refractivity contribution is 7.89. The number of fused-ring (bicyclic) bond motifs is 1. The number of ether oxygens (including phenoxy) is 1. The van der Waals surface area contributed by atoms with Gasteiger partial charge in [0.15, 0.2) is 0 Å². The summed E-state index contributed by atoms with van der Waals surface area (Å²) in [4.78, 5) is 0.375. The van der Waals surface area contributed by atoms with E-state index in [0.717, 1.165) is 30.6 Å². The second kappa shape index (κ2) is 6.56. The first-order valence-electron chi connectivity index (χ1n) is 6.88. The number of nitrogens with one attached hydrogen (secondary N) is 1. The van der Waals surface area contributed by atoms with Gasteiger partial charge in [-0.2, -0.15) is 0 Å². The molecule has 0 spiro atoms. The topological polar surface area (TPSA) is 58.6 Å². The molecule has 0 aliphatic carbocycles. The molecule has 0 amide bonds. The van der Waals surface area contributed by atoms with Crippen molar-refractivity contribution in [2.75, 3.05) is 39.2 Å². The van der Waals surface area contributed by atoms with Crippen molar-refractivity contribution in [1.82, 2.24) is 4.31 Å². The van der Waals surface area contributed by atoms with Crippen LogP contribution in [0.1, 0.15) is 18.4 Å². The highest BCUT2D eigenvalue weighted by atomic mass is 32.2. The van der Waals surface area contributed by atoms with E-state index in [0.29, 0.717) is 24.5 Å². The van der Waals surface area contributed by atoms with Crippen LogP contribution in [-0.2, 0) is 21.2 Å². The lowest BCUT2D eigenvalue weighted by molar-refractivity contribution is 0.189. The molecule has 0 bridgehead atoms. The maximum atomic E-state index is 12.5. The van der Waals surface area contributed by atoms with Crippen LogP contribution in [0.3, 0.4) is 0 Å². The third-order valence-corrected chi connectivity index (χ3v) is 5.40. The summed E-state index contributed by atoms with van der Waals surface area (Å²) in [5, 5.41) is 3.29. The Kier molecular flexibility index (Phi) is 5.01. The molecule has 0 aromatic heterocycles. The van der Waals surface area contributed by atoms with Crippen molar-refractivity contribution in [3.63, 3.8) is 0 Å². The molecule has 0 unspecified atom stereocenters. The van der Waals surface area contributed by atoms with E-state index in [1.54, 1.807) is 26.3 Å². The van der Waals surface area contributed by atoms with Crippen LogP contribution < -0.4 is 5.32 Å². The number of hydrogen-bond donors (Lipinski definition) is 1. The van der Waals surface area contributed by atoms with Crippen LogP contribution in [0.15, 0.2) is 23.1 Å². The van der Waals surface area contributed by atoms with Crippen molar-refractivity contribution >= 4 is 15.7 Å². The first-order valence-corrected chi connectivity index (χ1v) is 8.32. The van der Waals surface area contributed by atoms with Gasteiger partial charge >= 0.3 is 0 Å². The maximum absolute atomic E-state index is 12.5. The second-order valence-corrected chi connectivity index (χ2v) is 7.07. The molecule has 1 N–H and O–H groups in total. The minimum absolute atomic E-state index is 0.375. The number of methoxy groups -OCH3 is 1. The van der Waals surface area contributed by atoms with E-state index in [4.69, 9.17) is 4.74 Å². The molecule has 1 aromatic rings. The number of rotatable bonds is 6. The molecule has 20 heavy (non-hydrogen) atoms. The van der Waals surface area contributed by atoms with E-state index in [2.05, 4.69) is 5.32 Å². The fourth-order valence-electron chi connectivity index (χ4n) is 2.34. The smallest absolute Gasteiger partial charge is 0.242 e. The molecule has 6 heteroatoms. The summed E-state index contributed by atoms with van der Waals surface area (Å²) in [5.41, 5.74) is 2.14. The van der Waals surface area contributed by atoms with Gasteiger partial charge in [0.05, 0.1) is 4.90 Å². The lowest BCUT2D eigenvalue weighted by Crippen LogP contribution is -2.28. The van der Waals surface area contributed by atoms with E-state index < -0.39 is 10.0 Å². The van der Waals surface area contributed by atoms with E-state index in [9.17, 15) is 8.42 Å². The Balaban J connectivity index is 2.16. The van der Waals surface area contributed by atoms with Gasteiger partial charge in [-0.05, 0) is 43.0 Å². The van der Waals surface area contributed by atoms with Crippen LogP contribution in [0.25, 0.3) is 0 Å². The first kappa shape index (κ1) is 15.3. The van der Waals surface area contributed by atoms with E-state index in [-0.39, 0.29) is 0 Å². The Labute approximate surface area is 121 Å². The molecular weight excluding hydrogens is 276 g/mol. The quantitative estimate of drug-likeness (QED) is 0.812. The highest BCUT2D eigenvalue weighted by Gasteiger charge is 2.22. The summed E-state index contributed by atoms with van der Waals surface area (Å²) in [6.07, 6.45) is 2.66. The van der Waals surface area contributed by atoms with E-state index >= 15 is 0 Å². The van der Waals surface area contributed by atoms with Gasteiger partial charge in [0, 0.05) is 39.5 Å². The zero-order valence-corrected chi connectivity index (χ0v) is 12.9. The molecule has 112 valence electrons. The number of aryl methyl sites for hydroxylation is 1. The maximum Gasteiger partial charge on any atom is 0.242 e. The van der Waals surface area contributed by atoms with Crippen molar-refractivity contribution in [1.29, 1.82) is 0 Å². The molecule has 0 fully saturated rings. The van der Waals surface area contributed by atoms with Gasteiger partial charge in [-0.15, -0.1) is 0 Å². The average molecular weight is 298 g/mol. The van der Waals surface area contributed by atoms with Gasteiger partial charge in [0.1, 0.15) is 0 Å². The summed E-state index contributed by atoms with van der Waals surface area (Å²) in [7, 11) is -0.173. The van der Waals surface area contributed by atoms with Gasteiger partial charge in [-0.25, -0.2) is 12.7 Å². The Morgan fingerprint density at radius 3 is 2.95 bits per heavy atom. The number of hydrogen-bond acceptors (Lipinski definition) is 4. The van der Waals surface area contributed by atoms with Crippen molar-refractivity contribution in [3.8, 4) is 0 Å². The van der Waals surface area contributed by atoms with Crippen molar-refractivity contribution in [2.24, 2.45) is 0 Å². The molecule has 1 aliphatic heterocycles. The molecule has 0 saturated heterocycles. The van der Waals surface area contributed by atoms with Crippen LogP contribution >= 0.6 is 0 Å². The molecular formula is C14H22N2O3S. The summed E-state index contributed by atoms with van der Waals surface area (Å²) >= 11 is 0. The lowest BCUT2D eigenvalue weighted by Gasteiger charge is -2.21. The Morgan fingerprint density at radius 1 is 1.40 bits per heavy atom. The SMILES string of the molecule is COCCCN(C)S(=O)(=O)c1ccc2c(c1)CCCN2. The minimum atomic E-state index is -3.40. The highest BCUT2D eigenvalue weighted by Crippen LogP contribution is 2.26. The van der Waals surface area contributed by atoms with Crippen LogP contribution in [0.4, 0.5) is 5.69 Å². The molecule has 0 saturated carbocycles. The number of anilines is 1. The monoisotopic (exact) mass is 298 g/mol. The Bertz CT molecular complexity index is 558. The van der Waals surface area contributed by atoms with Crippen molar-refractivity contribution in [2.45, 2.75) is 24.2 Å². The van der Waals surface area contributed by atoms with Gasteiger partial charge in [-0.1, -0.05) is 0 Å². The van der Waals surface area contributed by atoms with Crippen molar-refractivity contribution < 1.29 is 13.2 Å². The van der Waals surface area contributed by atoms with Gasteiger partial charge < -0.3 is 10.1 Å². The Hall–Kier alpha value is -1.11. The van der Waals surface area contributed by atoms with Crippen molar-refractivity contribution in [3.05, 3.63) is 23.8 Å². The lowest BCUT2D eigenvalue weighted by atomic mass is 10.0. The van der Waals surface area contributed by atoms with E-state index in [1.165, 1.54) is 4.31 Å². The van der Waals surface area contributed by atoms with Crippen LogP contribution in [0, 0.1) is 0 Å². The minimum Gasteiger partial charge on any atom is -0.385 e. The molecule has 0 atom stereocenters. The van der Waals surface area contributed by atoms with Gasteiger partial charge in [0.25, 0.3) is 0 Å². The third kappa shape index (κ3) is 3.31. The molecule has 0 radical (unpaired) electrons. The van der Waals surface area contributed by atoms with Crippen LogP contribution in [0.5, 0.6) is 0 Å². The predicted octanol–water partition coefficient (Wildman–Crippen LogP) is 1.70. The number of nitrogens with zero attached hydrogens (tertiary/aromatic N) is 1. The first-order chi connectivity index (χ1) is 9.55. The zero-order valence-electron chi connectivity index (χ0n) is 12.1. The molecule has 5 nitrogen and oxygen atoms in total. The Morgan fingerprint density at radius 2 is 2.20 bits per heavy atom. The molecule has 1 aromatic carbocycles. The molecule has 2 rings (SSSR count). The van der Waals surface area contributed by atoms with Crippen LogP contribution in [-0.4, -0.2) is 46.6 Å².